The molecule has 1 aliphatic heterocycles. The van der Waals surface area contributed by atoms with Crippen molar-refractivity contribution in [3.63, 3.8) is 0 Å². The Balaban J connectivity index is 1.79. The average Bonchev–Trinajstić information content (AvgIpc) is 2.86. The van der Waals surface area contributed by atoms with Crippen LogP contribution >= 0.6 is 0 Å². The zero-order valence-electron chi connectivity index (χ0n) is 11.5. The summed E-state index contributed by atoms with van der Waals surface area (Å²) in [4.78, 5) is 28.5. The first-order chi connectivity index (χ1) is 10.1. The molecule has 0 saturated carbocycles. The SMILES string of the molecule is CC(=O)OC[C@H]1CN(c2ccc3ncccc3c2)C(=O)O1. The third-order valence-electron chi connectivity index (χ3n) is 3.24. The Bertz CT molecular complexity index is 701. The minimum Gasteiger partial charge on any atom is -0.462 e. The summed E-state index contributed by atoms with van der Waals surface area (Å²) in [6.45, 7) is 1.76. The molecule has 1 amide bonds. The first kappa shape index (κ1) is 13.4. The Kier molecular flexibility index (Phi) is 3.43. The number of hydrogen-bond donors (Lipinski definition) is 0. The number of fused-ring (bicyclic) bond motifs is 1. The molecular formula is C15H14N2O4. The van der Waals surface area contributed by atoms with Crippen LogP contribution in [0.3, 0.4) is 0 Å². The highest BCUT2D eigenvalue weighted by molar-refractivity contribution is 5.93. The van der Waals surface area contributed by atoms with Gasteiger partial charge in [0.25, 0.3) is 0 Å². The number of carbonyl (C=O) groups excluding carboxylic acids is 2. The lowest BCUT2D eigenvalue weighted by Crippen LogP contribution is -2.26. The molecule has 3 rings (SSSR count). The second-order valence-electron chi connectivity index (χ2n) is 4.80. The van der Waals surface area contributed by atoms with Gasteiger partial charge in [0, 0.05) is 24.2 Å². The Morgan fingerprint density at radius 3 is 3.14 bits per heavy atom. The van der Waals surface area contributed by atoms with Gasteiger partial charge in [-0.3, -0.25) is 14.7 Å². The normalized spacial score (nSPS) is 17.9. The lowest BCUT2D eigenvalue weighted by atomic mass is 10.2. The third kappa shape index (κ3) is 2.79. The van der Waals surface area contributed by atoms with Gasteiger partial charge in [-0.2, -0.15) is 0 Å². The van der Waals surface area contributed by atoms with Gasteiger partial charge < -0.3 is 9.47 Å². The number of esters is 1. The van der Waals surface area contributed by atoms with Crippen LogP contribution < -0.4 is 4.90 Å². The predicted molar refractivity (Wildman–Crippen MR) is 76.0 cm³/mol. The summed E-state index contributed by atoms with van der Waals surface area (Å²) in [5.41, 5.74) is 1.61. The molecule has 21 heavy (non-hydrogen) atoms. The van der Waals surface area contributed by atoms with Crippen LogP contribution in [0.5, 0.6) is 0 Å². The quantitative estimate of drug-likeness (QED) is 0.808. The number of pyridine rings is 1. The van der Waals surface area contributed by atoms with Gasteiger partial charge in [-0.15, -0.1) is 0 Å². The van der Waals surface area contributed by atoms with Gasteiger partial charge in [-0.05, 0) is 24.3 Å². The standard InChI is InChI=1S/C15H14N2O4/c1-10(18)20-9-13-8-17(15(19)21-13)12-4-5-14-11(7-12)3-2-6-16-14/h2-7,13H,8-9H2,1H3/t13-/m1/s1. The number of anilines is 1. The van der Waals surface area contributed by atoms with Crippen molar-refractivity contribution in [2.24, 2.45) is 0 Å². The topological polar surface area (TPSA) is 68.7 Å². The fourth-order valence-electron chi connectivity index (χ4n) is 2.26. The van der Waals surface area contributed by atoms with E-state index in [0.29, 0.717) is 6.54 Å². The first-order valence-corrected chi connectivity index (χ1v) is 6.60. The maximum Gasteiger partial charge on any atom is 0.414 e. The number of rotatable bonds is 3. The number of ether oxygens (including phenoxy) is 2. The molecule has 2 heterocycles. The Hall–Kier alpha value is -2.63. The monoisotopic (exact) mass is 286 g/mol. The minimum atomic E-state index is -0.439. The maximum absolute atomic E-state index is 11.9. The van der Waals surface area contributed by atoms with Crippen LogP contribution in [0.15, 0.2) is 36.5 Å². The molecule has 0 N–H and O–H groups in total. The highest BCUT2D eigenvalue weighted by Gasteiger charge is 2.33. The average molecular weight is 286 g/mol. The Labute approximate surface area is 121 Å². The van der Waals surface area contributed by atoms with E-state index in [1.807, 2.05) is 30.3 Å². The van der Waals surface area contributed by atoms with E-state index >= 15 is 0 Å². The van der Waals surface area contributed by atoms with E-state index < -0.39 is 12.2 Å². The highest BCUT2D eigenvalue weighted by Crippen LogP contribution is 2.25. The molecule has 1 saturated heterocycles. The fraction of sp³-hybridized carbons (Fsp3) is 0.267. The van der Waals surface area contributed by atoms with Crippen molar-refractivity contribution in [3.05, 3.63) is 36.5 Å². The second kappa shape index (κ2) is 5.40. The largest absolute Gasteiger partial charge is 0.462 e. The molecule has 1 aromatic carbocycles. The number of cyclic esters (lactones) is 1. The van der Waals surface area contributed by atoms with Gasteiger partial charge in [0.1, 0.15) is 6.61 Å². The molecule has 6 heteroatoms. The van der Waals surface area contributed by atoms with Gasteiger partial charge in [0.2, 0.25) is 0 Å². The number of benzene rings is 1. The van der Waals surface area contributed by atoms with E-state index in [1.54, 1.807) is 6.20 Å². The lowest BCUT2D eigenvalue weighted by Gasteiger charge is -2.13. The van der Waals surface area contributed by atoms with E-state index in [4.69, 9.17) is 9.47 Å². The van der Waals surface area contributed by atoms with Crippen LogP contribution in [0.1, 0.15) is 6.92 Å². The third-order valence-corrected chi connectivity index (χ3v) is 3.24. The van der Waals surface area contributed by atoms with Crippen molar-refractivity contribution >= 4 is 28.7 Å². The van der Waals surface area contributed by atoms with E-state index in [2.05, 4.69) is 4.98 Å². The van der Waals surface area contributed by atoms with E-state index in [-0.39, 0.29) is 12.6 Å². The van der Waals surface area contributed by atoms with Crippen molar-refractivity contribution in [2.75, 3.05) is 18.1 Å². The van der Waals surface area contributed by atoms with Crippen LogP contribution in [0.2, 0.25) is 0 Å². The van der Waals surface area contributed by atoms with Gasteiger partial charge in [0.15, 0.2) is 6.10 Å². The predicted octanol–water partition coefficient (Wildman–Crippen LogP) is 2.12. The van der Waals surface area contributed by atoms with Crippen molar-refractivity contribution in [1.82, 2.24) is 4.98 Å². The van der Waals surface area contributed by atoms with Gasteiger partial charge in [-0.1, -0.05) is 6.07 Å². The summed E-state index contributed by atoms with van der Waals surface area (Å²) in [6, 6.07) is 9.35. The number of aromatic nitrogens is 1. The Morgan fingerprint density at radius 1 is 1.48 bits per heavy atom. The number of amides is 1. The molecule has 1 atom stereocenters. The molecule has 1 aromatic heterocycles. The molecular weight excluding hydrogens is 272 g/mol. The molecule has 0 spiro atoms. The Morgan fingerprint density at radius 2 is 2.33 bits per heavy atom. The van der Waals surface area contributed by atoms with Crippen LogP contribution in [-0.2, 0) is 14.3 Å². The van der Waals surface area contributed by atoms with Gasteiger partial charge in [0.05, 0.1) is 12.1 Å². The summed E-state index contributed by atoms with van der Waals surface area (Å²) in [6.07, 6.45) is 0.850. The summed E-state index contributed by atoms with van der Waals surface area (Å²) < 4.78 is 10.1. The van der Waals surface area contributed by atoms with Gasteiger partial charge in [-0.25, -0.2) is 4.79 Å². The highest BCUT2D eigenvalue weighted by atomic mass is 16.6. The van der Waals surface area contributed by atoms with Crippen molar-refractivity contribution in [3.8, 4) is 0 Å². The number of nitrogens with zero attached hydrogens (tertiary/aromatic N) is 2. The summed E-state index contributed by atoms with van der Waals surface area (Å²) in [7, 11) is 0. The minimum absolute atomic E-state index is 0.0761. The van der Waals surface area contributed by atoms with Crippen LogP contribution in [0.25, 0.3) is 10.9 Å². The molecule has 0 bridgehead atoms. The molecule has 1 fully saturated rings. The number of hydrogen-bond acceptors (Lipinski definition) is 5. The van der Waals surface area contributed by atoms with Crippen LogP contribution in [0, 0.1) is 0 Å². The molecule has 0 radical (unpaired) electrons. The van der Waals surface area contributed by atoms with E-state index in [0.717, 1.165) is 16.6 Å². The van der Waals surface area contributed by atoms with Crippen molar-refractivity contribution in [1.29, 1.82) is 0 Å². The van der Waals surface area contributed by atoms with Crippen molar-refractivity contribution in [2.45, 2.75) is 13.0 Å². The molecule has 6 nitrogen and oxygen atoms in total. The van der Waals surface area contributed by atoms with E-state index in [9.17, 15) is 9.59 Å². The maximum atomic E-state index is 11.9. The zero-order chi connectivity index (χ0) is 14.8. The smallest absolute Gasteiger partial charge is 0.414 e. The number of carbonyl (C=O) groups is 2. The second-order valence-corrected chi connectivity index (χ2v) is 4.80. The molecule has 108 valence electrons. The van der Waals surface area contributed by atoms with E-state index in [1.165, 1.54) is 11.8 Å². The molecule has 1 aliphatic rings. The zero-order valence-corrected chi connectivity index (χ0v) is 11.5. The fourth-order valence-corrected chi connectivity index (χ4v) is 2.26. The molecule has 2 aromatic rings. The molecule has 0 aliphatic carbocycles. The summed E-state index contributed by atoms with van der Waals surface area (Å²) in [5.74, 6) is -0.388. The van der Waals surface area contributed by atoms with Gasteiger partial charge >= 0.3 is 12.1 Å². The summed E-state index contributed by atoms with van der Waals surface area (Å²) >= 11 is 0. The van der Waals surface area contributed by atoms with Crippen LogP contribution in [0.4, 0.5) is 10.5 Å². The summed E-state index contributed by atoms with van der Waals surface area (Å²) in [5, 5.41) is 0.950. The molecule has 0 unspecified atom stereocenters. The first-order valence-electron chi connectivity index (χ1n) is 6.60. The van der Waals surface area contributed by atoms with Crippen LogP contribution in [-0.4, -0.2) is 36.3 Å². The lowest BCUT2D eigenvalue weighted by molar-refractivity contribution is -0.143. The van der Waals surface area contributed by atoms with Crippen molar-refractivity contribution < 1.29 is 19.1 Å².